The Balaban J connectivity index is 1.71. The largest absolute Gasteiger partial charge is 0.337 e. The van der Waals surface area contributed by atoms with E-state index in [4.69, 9.17) is 0 Å². The summed E-state index contributed by atoms with van der Waals surface area (Å²) >= 11 is 0. The molecule has 6 nitrogen and oxygen atoms in total. The molecule has 2 saturated heterocycles. The highest BCUT2D eigenvalue weighted by molar-refractivity contribution is 5.93. The van der Waals surface area contributed by atoms with Crippen molar-refractivity contribution in [3.05, 3.63) is 53.6 Å². The molecule has 0 spiro atoms. The van der Waals surface area contributed by atoms with Crippen molar-refractivity contribution in [2.45, 2.75) is 37.8 Å². The number of halogens is 1. The Bertz CT molecular complexity index is 863. The van der Waals surface area contributed by atoms with Crippen molar-refractivity contribution in [3.63, 3.8) is 0 Å². The first-order valence-electron chi connectivity index (χ1n) is 9.29. The number of carbonyl (C=O) groups is 2. The zero-order valence-corrected chi connectivity index (χ0v) is 15.5. The van der Waals surface area contributed by atoms with E-state index in [1.165, 1.54) is 12.1 Å². The Morgan fingerprint density at radius 3 is 2.52 bits per heavy atom. The molecular weight excluding hydrogens is 347 g/mol. The standard InChI is InChI=1S/C20H23FN4O2/c1-13(26)24-10-3-4-18-19(24)16(14-5-7-15(21)8-6-14)12-25(18)20(27)17-9-11-23(2)22-17/h5-9,11,16,18-19H,3-4,10,12H2,1-2H3/t16-,18-,19-/m1/s1. The van der Waals surface area contributed by atoms with Gasteiger partial charge in [0.15, 0.2) is 0 Å². The van der Waals surface area contributed by atoms with Gasteiger partial charge in [0, 0.05) is 39.2 Å². The Labute approximate surface area is 157 Å². The third kappa shape index (κ3) is 3.11. The molecule has 27 heavy (non-hydrogen) atoms. The molecule has 2 amide bonds. The number of likely N-dealkylation sites (tertiary alicyclic amines) is 2. The molecule has 2 aliphatic heterocycles. The lowest BCUT2D eigenvalue weighted by atomic mass is 9.86. The maximum atomic E-state index is 13.4. The van der Waals surface area contributed by atoms with Gasteiger partial charge in [0.2, 0.25) is 5.91 Å². The van der Waals surface area contributed by atoms with Gasteiger partial charge in [-0.2, -0.15) is 5.10 Å². The summed E-state index contributed by atoms with van der Waals surface area (Å²) in [4.78, 5) is 29.1. The molecule has 4 rings (SSSR count). The minimum atomic E-state index is -0.290. The third-order valence-corrected chi connectivity index (χ3v) is 5.76. The van der Waals surface area contributed by atoms with E-state index in [2.05, 4.69) is 5.10 Å². The van der Waals surface area contributed by atoms with Crippen molar-refractivity contribution >= 4 is 11.8 Å². The van der Waals surface area contributed by atoms with Crippen LogP contribution in [0.1, 0.15) is 41.7 Å². The lowest BCUT2D eigenvalue weighted by Crippen LogP contribution is -2.53. The molecule has 2 aromatic rings. The van der Waals surface area contributed by atoms with Crippen molar-refractivity contribution in [2.75, 3.05) is 13.1 Å². The summed E-state index contributed by atoms with van der Waals surface area (Å²) in [6.45, 7) is 2.77. The molecule has 2 fully saturated rings. The Morgan fingerprint density at radius 1 is 1.15 bits per heavy atom. The van der Waals surface area contributed by atoms with Crippen molar-refractivity contribution in [1.29, 1.82) is 0 Å². The zero-order chi connectivity index (χ0) is 19.1. The molecule has 7 heteroatoms. The number of fused-ring (bicyclic) bond motifs is 1. The van der Waals surface area contributed by atoms with Gasteiger partial charge < -0.3 is 9.80 Å². The molecule has 0 unspecified atom stereocenters. The van der Waals surface area contributed by atoms with Crippen molar-refractivity contribution in [1.82, 2.24) is 19.6 Å². The first kappa shape index (κ1) is 17.7. The quantitative estimate of drug-likeness (QED) is 0.814. The van der Waals surface area contributed by atoms with Gasteiger partial charge in [0.1, 0.15) is 11.5 Å². The van der Waals surface area contributed by atoms with Crippen LogP contribution in [0.15, 0.2) is 36.5 Å². The summed E-state index contributed by atoms with van der Waals surface area (Å²) in [6.07, 6.45) is 3.47. The first-order chi connectivity index (χ1) is 13.0. The van der Waals surface area contributed by atoms with Gasteiger partial charge in [-0.25, -0.2) is 4.39 Å². The zero-order valence-electron chi connectivity index (χ0n) is 15.5. The second kappa shape index (κ2) is 6.79. The number of benzene rings is 1. The second-order valence-corrected chi connectivity index (χ2v) is 7.40. The number of aryl methyl sites for hydroxylation is 1. The van der Waals surface area contributed by atoms with Gasteiger partial charge in [0.25, 0.3) is 5.91 Å². The molecule has 1 aromatic heterocycles. The number of nitrogens with zero attached hydrogens (tertiary/aromatic N) is 4. The SMILES string of the molecule is CC(=O)N1CCC[C@@H]2[C@H]1[C@@H](c1ccc(F)cc1)CN2C(=O)c1ccn(C)n1. The highest BCUT2D eigenvalue weighted by Gasteiger charge is 2.49. The molecule has 3 atom stereocenters. The van der Waals surface area contributed by atoms with Crippen LogP contribution in [0.4, 0.5) is 4.39 Å². The molecular formula is C20H23FN4O2. The smallest absolute Gasteiger partial charge is 0.274 e. The molecule has 142 valence electrons. The summed E-state index contributed by atoms with van der Waals surface area (Å²) in [6, 6.07) is 7.98. The van der Waals surface area contributed by atoms with Gasteiger partial charge >= 0.3 is 0 Å². The highest BCUT2D eigenvalue weighted by atomic mass is 19.1. The Morgan fingerprint density at radius 2 is 1.89 bits per heavy atom. The van der Waals surface area contributed by atoms with Crippen LogP contribution in [0.3, 0.4) is 0 Å². The number of hydrogen-bond donors (Lipinski definition) is 0. The van der Waals surface area contributed by atoms with Crippen LogP contribution in [0.2, 0.25) is 0 Å². The van der Waals surface area contributed by atoms with E-state index in [-0.39, 0.29) is 35.6 Å². The average Bonchev–Trinajstić information content (AvgIpc) is 3.25. The predicted octanol–water partition coefficient (Wildman–Crippen LogP) is 2.18. The van der Waals surface area contributed by atoms with E-state index in [0.717, 1.165) is 18.4 Å². The number of piperidine rings is 1. The van der Waals surface area contributed by atoms with E-state index in [1.54, 1.807) is 43.0 Å². The predicted molar refractivity (Wildman–Crippen MR) is 97.6 cm³/mol. The monoisotopic (exact) mass is 370 g/mol. The van der Waals surface area contributed by atoms with E-state index in [9.17, 15) is 14.0 Å². The minimum absolute atomic E-state index is 0.0175. The number of amides is 2. The lowest BCUT2D eigenvalue weighted by Gasteiger charge is -2.41. The maximum Gasteiger partial charge on any atom is 0.274 e. The van der Waals surface area contributed by atoms with E-state index < -0.39 is 0 Å². The van der Waals surface area contributed by atoms with E-state index in [0.29, 0.717) is 18.8 Å². The summed E-state index contributed by atoms with van der Waals surface area (Å²) < 4.78 is 15.0. The Kier molecular flexibility index (Phi) is 4.45. The molecule has 0 saturated carbocycles. The Hall–Kier alpha value is -2.70. The molecule has 0 aliphatic carbocycles. The molecule has 3 heterocycles. The van der Waals surface area contributed by atoms with Crippen LogP contribution in [-0.4, -0.2) is 56.6 Å². The van der Waals surface area contributed by atoms with Crippen LogP contribution in [0.5, 0.6) is 0 Å². The molecule has 0 bridgehead atoms. The van der Waals surface area contributed by atoms with Crippen molar-refractivity contribution in [3.8, 4) is 0 Å². The average molecular weight is 370 g/mol. The van der Waals surface area contributed by atoms with Gasteiger partial charge in [-0.3, -0.25) is 14.3 Å². The maximum absolute atomic E-state index is 13.4. The van der Waals surface area contributed by atoms with Crippen LogP contribution in [-0.2, 0) is 11.8 Å². The van der Waals surface area contributed by atoms with Crippen molar-refractivity contribution < 1.29 is 14.0 Å². The fourth-order valence-electron chi connectivity index (χ4n) is 4.57. The minimum Gasteiger partial charge on any atom is -0.337 e. The third-order valence-electron chi connectivity index (χ3n) is 5.76. The second-order valence-electron chi connectivity index (χ2n) is 7.40. The van der Waals surface area contributed by atoms with Crippen LogP contribution in [0, 0.1) is 5.82 Å². The van der Waals surface area contributed by atoms with Gasteiger partial charge in [-0.15, -0.1) is 0 Å². The van der Waals surface area contributed by atoms with Gasteiger partial charge in [-0.05, 0) is 36.6 Å². The van der Waals surface area contributed by atoms with Crippen molar-refractivity contribution in [2.24, 2.45) is 7.05 Å². The first-order valence-corrected chi connectivity index (χ1v) is 9.29. The topological polar surface area (TPSA) is 58.4 Å². The van der Waals surface area contributed by atoms with Gasteiger partial charge in [0.05, 0.1) is 12.1 Å². The fourth-order valence-corrected chi connectivity index (χ4v) is 4.57. The summed E-state index contributed by atoms with van der Waals surface area (Å²) in [7, 11) is 1.78. The number of aromatic nitrogens is 2. The lowest BCUT2D eigenvalue weighted by molar-refractivity contribution is -0.133. The summed E-state index contributed by atoms with van der Waals surface area (Å²) in [5.41, 5.74) is 1.37. The molecule has 0 radical (unpaired) electrons. The van der Waals surface area contributed by atoms with E-state index in [1.807, 2.05) is 9.80 Å². The number of hydrogen-bond acceptors (Lipinski definition) is 3. The van der Waals surface area contributed by atoms with E-state index >= 15 is 0 Å². The number of carbonyl (C=O) groups excluding carboxylic acids is 2. The van der Waals surface area contributed by atoms with Crippen LogP contribution >= 0.6 is 0 Å². The molecule has 1 aromatic carbocycles. The number of rotatable bonds is 2. The fraction of sp³-hybridized carbons (Fsp3) is 0.450. The summed E-state index contributed by atoms with van der Waals surface area (Å²) in [5.74, 6) is -0.418. The highest BCUT2D eigenvalue weighted by Crippen LogP contribution is 2.40. The molecule has 2 aliphatic rings. The summed E-state index contributed by atoms with van der Waals surface area (Å²) in [5, 5.41) is 4.25. The van der Waals surface area contributed by atoms with Crippen LogP contribution in [0.25, 0.3) is 0 Å². The van der Waals surface area contributed by atoms with Gasteiger partial charge in [-0.1, -0.05) is 12.1 Å². The normalized spacial score (nSPS) is 24.8. The molecule has 0 N–H and O–H groups in total. The van der Waals surface area contributed by atoms with Crippen LogP contribution < -0.4 is 0 Å².